The first-order chi connectivity index (χ1) is 7.68. The van der Waals surface area contributed by atoms with Crippen LogP contribution in [0, 0.1) is 6.92 Å². The van der Waals surface area contributed by atoms with Gasteiger partial charge in [-0.25, -0.2) is 0 Å². The minimum atomic E-state index is 0.187. The lowest BCUT2D eigenvalue weighted by Crippen LogP contribution is -2.38. The lowest BCUT2D eigenvalue weighted by Gasteiger charge is -2.23. The third-order valence-corrected chi connectivity index (χ3v) is 2.83. The molecule has 16 heavy (non-hydrogen) atoms. The molecular formula is C13H19N3. The number of hydrogen-bond donors (Lipinski definition) is 1. The Kier molecular flexibility index (Phi) is 3.25. The van der Waals surface area contributed by atoms with E-state index in [1.165, 1.54) is 11.1 Å². The van der Waals surface area contributed by atoms with Gasteiger partial charge in [-0.3, -0.25) is 4.99 Å². The topological polar surface area (TPSA) is 41.6 Å². The van der Waals surface area contributed by atoms with Gasteiger partial charge >= 0.3 is 0 Å². The summed E-state index contributed by atoms with van der Waals surface area (Å²) in [6, 6.07) is 8.57. The lowest BCUT2D eigenvalue weighted by molar-refractivity contribution is 0.426. The molecule has 1 aliphatic rings. The Hall–Kier alpha value is -1.35. The van der Waals surface area contributed by atoms with Crippen LogP contribution < -0.4 is 5.73 Å². The van der Waals surface area contributed by atoms with Gasteiger partial charge in [0.15, 0.2) is 0 Å². The van der Waals surface area contributed by atoms with E-state index in [1.807, 2.05) is 6.92 Å². The van der Waals surface area contributed by atoms with Crippen LogP contribution in [0.2, 0.25) is 0 Å². The Morgan fingerprint density at radius 1 is 1.44 bits per heavy atom. The van der Waals surface area contributed by atoms with Gasteiger partial charge in [0.1, 0.15) is 5.84 Å². The molecule has 1 aromatic rings. The molecule has 2 N–H and O–H groups in total. The van der Waals surface area contributed by atoms with Crippen LogP contribution >= 0.6 is 0 Å². The highest BCUT2D eigenvalue weighted by molar-refractivity contribution is 6.00. The molecule has 0 radical (unpaired) electrons. The average molecular weight is 217 g/mol. The monoisotopic (exact) mass is 217 g/mol. The van der Waals surface area contributed by atoms with E-state index in [1.54, 1.807) is 0 Å². The van der Waals surface area contributed by atoms with E-state index < -0.39 is 0 Å². The van der Waals surface area contributed by atoms with Crippen LogP contribution in [0.15, 0.2) is 29.3 Å². The fraction of sp³-hybridized carbons (Fsp3) is 0.462. The normalized spacial score (nSPS) is 17.4. The van der Waals surface area contributed by atoms with Gasteiger partial charge in [-0.2, -0.15) is 0 Å². The van der Waals surface area contributed by atoms with E-state index in [0.29, 0.717) is 0 Å². The van der Waals surface area contributed by atoms with Crippen LogP contribution in [0.3, 0.4) is 0 Å². The van der Waals surface area contributed by atoms with Crippen molar-refractivity contribution >= 4 is 5.84 Å². The molecule has 86 valence electrons. The summed E-state index contributed by atoms with van der Waals surface area (Å²) in [5.74, 6) is 1.11. The van der Waals surface area contributed by atoms with Crippen LogP contribution in [-0.4, -0.2) is 36.4 Å². The second-order valence-electron chi connectivity index (χ2n) is 4.44. The first-order valence-corrected chi connectivity index (χ1v) is 5.79. The summed E-state index contributed by atoms with van der Waals surface area (Å²) < 4.78 is 0. The first-order valence-electron chi connectivity index (χ1n) is 5.79. The Morgan fingerprint density at radius 2 is 2.19 bits per heavy atom. The van der Waals surface area contributed by atoms with Gasteiger partial charge < -0.3 is 10.6 Å². The SMILES string of the molecule is Cc1ccccc1C1=NCCN1CC(C)N. The minimum absolute atomic E-state index is 0.187. The van der Waals surface area contributed by atoms with Crippen LogP contribution in [0.1, 0.15) is 18.1 Å². The van der Waals surface area contributed by atoms with E-state index in [2.05, 4.69) is 41.1 Å². The second-order valence-corrected chi connectivity index (χ2v) is 4.44. The molecule has 0 aliphatic carbocycles. The number of amidine groups is 1. The molecule has 0 saturated heterocycles. The molecule has 0 bridgehead atoms. The summed E-state index contributed by atoms with van der Waals surface area (Å²) in [4.78, 5) is 6.87. The molecule has 0 amide bonds. The number of hydrogen-bond acceptors (Lipinski definition) is 3. The maximum Gasteiger partial charge on any atom is 0.131 e. The number of benzene rings is 1. The highest BCUT2D eigenvalue weighted by Gasteiger charge is 2.20. The van der Waals surface area contributed by atoms with Crippen molar-refractivity contribution in [3.63, 3.8) is 0 Å². The molecule has 1 aromatic carbocycles. The number of nitrogens with zero attached hydrogens (tertiary/aromatic N) is 2. The van der Waals surface area contributed by atoms with Crippen molar-refractivity contribution in [2.24, 2.45) is 10.7 Å². The maximum atomic E-state index is 5.85. The van der Waals surface area contributed by atoms with Crippen molar-refractivity contribution in [1.29, 1.82) is 0 Å². The molecule has 1 unspecified atom stereocenters. The van der Waals surface area contributed by atoms with Crippen LogP contribution in [0.4, 0.5) is 0 Å². The molecule has 3 nitrogen and oxygen atoms in total. The summed E-state index contributed by atoms with van der Waals surface area (Å²) in [5.41, 5.74) is 8.37. The zero-order valence-electron chi connectivity index (χ0n) is 9.98. The summed E-state index contributed by atoms with van der Waals surface area (Å²) in [6.45, 7) is 6.92. The zero-order chi connectivity index (χ0) is 11.5. The maximum absolute atomic E-state index is 5.85. The van der Waals surface area contributed by atoms with Gasteiger partial charge in [0.25, 0.3) is 0 Å². The predicted molar refractivity (Wildman–Crippen MR) is 67.8 cm³/mol. The largest absolute Gasteiger partial charge is 0.353 e. The average Bonchev–Trinajstić information content (AvgIpc) is 2.66. The van der Waals surface area contributed by atoms with E-state index in [-0.39, 0.29) is 6.04 Å². The molecule has 3 heteroatoms. The minimum Gasteiger partial charge on any atom is -0.353 e. The van der Waals surface area contributed by atoms with Crippen LogP contribution in [0.25, 0.3) is 0 Å². The Morgan fingerprint density at radius 3 is 2.88 bits per heavy atom. The van der Waals surface area contributed by atoms with Gasteiger partial charge in [0.05, 0.1) is 6.54 Å². The molecular weight excluding hydrogens is 198 g/mol. The predicted octanol–water partition coefficient (Wildman–Crippen LogP) is 1.40. The molecule has 1 aliphatic heterocycles. The van der Waals surface area contributed by atoms with E-state index in [9.17, 15) is 0 Å². The van der Waals surface area contributed by atoms with Crippen molar-refractivity contribution in [3.8, 4) is 0 Å². The van der Waals surface area contributed by atoms with Gasteiger partial charge in [0.2, 0.25) is 0 Å². The van der Waals surface area contributed by atoms with Crippen LogP contribution in [-0.2, 0) is 0 Å². The standard InChI is InChI=1S/C13H19N3/c1-10-5-3-4-6-12(10)13-15-7-8-16(13)9-11(2)14/h3-6,11H,7-9,14H2,1-2H3. The van der Waals surface area contributed by atoms with Gasteiger partial charge in [-0.1, -0.05) is 24.3 Å². The number of aliphatic imine (C=N–C) groups is 1. The fourth-order valence-electron chi connectivity index (χ4n) is 2.09. The molecule has 0 spiro atoms. The van der Waals surface area contributed by atoms with Crippen molar-refractivity contribution in [3.05, 3.63) is 35.4 Å². The highest BCUT2D eigenvalue weighted by atomic mass is 15.2. The summed E-state index contributed by atoms with van der Waals surface area (Å²) in [6.07, 6.45) is 0. The second kappa shape index (κ2) is 4.66. The van der Waals surface area contributed by atoms with E-state index >= 15 is 0 Å². The first kappa shape index (κ1) is 11.1. The molecule has 2 rings (SSSR count). The van der Waals surface area contributed by atoms with Gasteiger partial charge in [0, 0.05) is 24.7 Å². The number of nitrogens with two attached hydrogens (primary N) is 1. The summed E-state index contributed by atoms with van der Waals surface area (Å²) in [7, 11) is 0. The van der Waals surface area contributed by atoms with Gasteiger partial charge in [-0.05, 0) is 19.4 Å². The Bertz CT molecular complexity index is 396. The number of rotatable bonds is 3. The van der Waals surface area contributed by atoms with Crippen molar-refractivity contribution in [2.45, 2.75) is 19.9 Å². The lowest BCUT2D eigenvalue weighted by atomic mass is 10.1. The third-order valence-electron chi connectivity index (χ3n) is 2.83. The Labute approximate surface area is 97.0 Å². The summed E-state index contributed by atoms with van der Waals surface area (Å²) in [5, 5.41) is 0. The Balaban J connectivity index is 2.23. The van der Waals surface area contributed by atoms with Crippen molar-refractivity contribution < 1.29 is 0 Å². The smallest absolute Gasteiger partial charge is 0.131 e. The molecule has 0 fully saturated rings. The zero-order valence-corrected chi connectivity index (χ0v) is 9.98. The van der Waals surface area contributed by atoms with Crippen molar-refractivity contribution in [2.75, 3.05) is 19.6 Å². The third kappa shape index (κ3) is 2.25. The number of aryl methyl sites for hydroxylation is 1. The highest BCUT2D eigenvalue weighted by Crippen LogP contribution is 2.15. The molecule has 1 atom stereocenters. The molecule has 1 heterocycles. The van der Waals surface area contributed by atoms with E-state index in [0.717, 1.165) is 25.5 Å². The summed E-state index contributed by atoms with van der Waals surface area (Å²) >= 11 is 0. The van der Waals surface area contributed by atoms with Gasteiger partial charge in [-0.15, -0.1) is 0 Å². The quantitative estimate of drug-likeness (QED) is 0.831. The molecule has 0 aromatic heterocycles. The fourth-order valence-corrected chi connectivity index (χ4v) is 2.09. The van der Waals surface area contributed by atoms with E-state index in [4.69, 9.17) is 5.73 Å². The molecule has 0 saturated carbocycles. The van der Waals surface area contributed by atoms with Crippen molar-refractivity contribution in [1.82, 2.24) is 4.90 Å². The van der Waals surface area contributed by atoms with Crippen LogP contribution in [0.5, 0.6) is 0 Å².